The quantitative estimate of drug-likeness (QED) is 0.727. The van der Waals surface area contributed by atoms with Gasteiger partial charge in [0.05, 0.1) is 36.4 Å². The van der Waals surface area contributed by atoms with Crippen molar-refractivity contribution < 1.29 is 9.53 Å². The van der Waals surface area contributed by atoms with E-state index in [1.165, 1.54) is 11.8 Å². The van der Waals surface area contributed by atoms with Crippen LogP contribution in [0.25, 0.3) is 5.69 Å². The molecule has 0 N–H and O–H groups in total. The van der Waals surface area contributed by atoms with Gasteiger partial charge in [0.1, 0.15) is 5.84 Å². The summed E-state index contributed by atoms with van der Waals surface area (Å²) < 4.78 is 7.14. The molecule has 2 aromatic rings. The third-order valence-corrected chi connectivity index (χ3v) is 6.45. The number of aliphatic imine (C=N–C) groups is 2. The molecule has 3 aliphatic rings. The van der Waals surface area contributed by atoms with Gasteiger partial charge in [-0.1, -0.05) is 23.4 Å². The Morgan fingerprint density at radius 3 is 2.77 bits per heavy atom. The van der Waals surface area contributed by atoms with E-state index in [1.807, 2.05) is 35.4 Å². The maximum atomic E-state index is 12.6. The van der Waals surface area contributed by atoms with Gasteiger partial charge in [-0.3, -0.25) is 9.79 Å². The second kappa shape index (κ2) is 8.41. The van der Waals surface area contributed by atoms with Crippen LogP contribution in [-0.4, -0.2) is 81.6 Å². The van der Waals surface area contributed by atoms with Gasteiger partial charge >= 0.3 is 0 Å². The molecule has 1 saturated heterocycles. The summed E-state index contributed by atoms with van der Waals surface area (Å²) in [5.74, 6) is 2.06. The maximum absolute atomic E-state index is 12.6. The van der Waals surface area contributed by atoms with Crippen molar-refractivity contribution in [3.63, 3.8) is 0 Å². The molecule has 0 spiro atoms. The van der Waals surface area contributed by atoms with Gasteiger partial charge in [-0.2, -0.15) is 5.10 Å². The van der Waals surface area contributed by atoms with E-state index in [0.29, 0.717) is 37.1 Å². The number of hydrogen-bond donors (Lipinski definition) is 0. The fraction of sp³-hybridized carbons (Fsp3) is 0.400. The zero-order valence-corrected chi connectivity index (χ0v) is 17.9. The Morgan fingerprint density at radius 2 is 1.97 bits per heavy atom. The molecule has 5 rings (SSSR count). The highest BCUT2D eigenvalue weighted by Crippen LogP contribution is 2.33. The summed E-state index contributed by atoms with van der Waals surface area (Å²) in [6.07, 6.45) is 2.77. The molecule has 30 heavy (non-hydrogen) atoms. The number of thioether (sulfide) groups is 1. The van der Waals surface area contributed by atoms with Crippen LogP contribution in [0.1, 0.15) is 12.0 Å². The molecule has 1 aromatic carbocycles. The highest BCUT2D eigenvalue weighted by molar-refractivity contribution is 8.14. The number of aromatic nitrogens is 2. The molecule has 0 saturated carbocycles. The second-order valence-electron chi connectivity index (χ2n) is 7.16. The van der Waals surface area contributed by atoms with Crippen LogP contribution in [0, 0.1) is 0 Å². The molecule has 1 fully saturated rings. The number of ether oxygens (including phenoxy) is 1. The van der Waals surface area contributed by atoms with Gasteiger partial charge in [0.2, 0.25) is 5.91 Å². The summed E-state index contributed by atoms with van der Waals surface area (Å²) in [5, 5.41) is 6.01. The summed E-state index contributed by atoms with van der Waals surface area (Å²) in [4.78, 5) is 26.2. The number of morpholine rings is 1. The third kappa shape index (κ3) is 3.73. The fourth-order valence-electron chi connectivity index (χ4n) is 3.69. The number of benzene rings is 1. The van der Waals surface area contributed by atoms with Crippen molar-refractivity contribution in [1.82, 2.24) is 19.6 Å². The summed E-state index contributed by atoms with van der Waals surface area (Å²) in [6, 6.07) is 7.49. The number of carbonyl (C=O) groups is 1. The second-order valence-corrected chi connectivity index (χ2v) is 8.54. The first-order valence-corrected chi connectivity index (χ1v) is 11.3. The van der Waals surface area contributed by atoms with Crippen molar-refractivity contribution in [2.75, 3.05) is 45.1 Å². The molecule has 8 nitrogen and oxygen atoms in total. The topological polar surface area (TPSA) is 75.3 Å². The molecule has 156 valence electrons. The minimum Gasteiger partial charge on any atom is -0.378 e. The molecule has 0 atom stereocenters. The normalized spacial score (nSPS) is 18.4. The molecular formula is C20H21ClN6O2S. The number of fused-ring (bicyclic) bond motifs is 3. The van der Waals surface area contributed by atoms with Crippen LogP contribution in [0.5, 0.6) is 0 Å². The highest BCUT2D eigenvalue weighted by atomic mass is 35.5. The number of amides is 1. The van der Waals surface area contributed by atoms with E-state index in [2.05, 4.69) is 10.00 Å². The van der Waals surface area contributed by atoms with Crippen molar-refractivity contribution >= 4 is 46.1 Å². The van der Waals surface area contributed by atoms with Gasteiger partial charge in [0, 0.05) is 31.2 Å². The maximum Gasteiger partial charge on any atom is 0.233 e. The molecule has 1 amide bonds. The molecular weight excluding hydrogens is 424 g/mol. The van der Waals surface area contributed by atoms with E-state index in [-0.39, 0.29) is 5.91 Å². The number of halogens is 1. The number of carbonyl (C=O) groups excluding carboxylic acids is 1. The smallest absolute Gasteiger partial charge is 0.233 e. The Balaban J connectivity index is 1.44. The third-order valence-electron chi connectivity index (χ3n) is 5.23. The number of rotatable bonds is 3. The van der Waals surface area contributed by atoms with Gasteiger partial charge in [-0.05, 0) is 30.7 Å². The summed E-state index contributed by atoms with van der Waals surface area (Å²) in [7, 11) is 0. The molecule has 1 aromatic heterocycles. The lowest BCUT2D eigenvalue weighted by Gasteiger charge is -2.33. The predicted molar refractivity (Wildman–Crippen MR) is 118 cm³/mol. The van der Waals surface area contributed by atoms with Crippen molar-refractivity contribution in [2.24, 2.45) is 9.98 Å². The van der Waals surface area contributed by atoms with Gasteiger partial charge in [0.25, 0.3) is 0 Å². The predicted octanol–water partition coefficient (Wildman–Crippen LogP) is 2.57. The van der Waals surface area contributed by atoms with Crippen molar-refractivity contribution in [1.29, 1.82) is 0 Å². The lowest BCUT2D eigenvalue weighted by molar-refractivity contribution is -0.132. The fourth-order valence-corrected chi connectivity index (χ4v) is 4.74. The summed E-state index contributed by atoms with van der Waals surface area (Å²) in [5.41, 5.74) is 1.79. The zero-order chi connectivity index (χ0) is 20.5. The zero-order valence-electron chi connectivity index (χ0n) is 16.3. The summed E-state index contributed by atoms with van der Waals surface area (Å²) >= 11 is 7.49. The number of nitrogens with zero attached hydrogens (tertiary/aromatic N) is 6. The number of hydrogen-bond acceptors (Lipinski definition) is 7. The van der Waals surface area contributed by atoms with E-state index >= 15 is 0 Å². The highest BCUT2D eigenvalue weighted by Gasteiger charge is 2.32. The summed E-state index contributed by atoms with van der Waals surface area (Å²) in [6.45, 7) is 4.11. The van der Waals surface area contributed by atoms with Crippen LogP contribution in [0.15, 0.2) is 40.4 Å². The molecule has 0 radical (unpaired) electrons. The van der Waals surface area contributed by atoms with Crippen LogP contribution in [0.2, 0.25) is 5.02 Å². The monoisotopic (exact) mass is 444 g/mol. The van der Waals surface area contributed by atoms with Crippen LogP contribution in [-0.2, 0) is 9.53 Å². The van der Waals surface area contributed by atoms with Gasteiger partial charge in [-0.25, -0.2) is 9.67 Å². The molecule has 0 aliphatic carbocycles. The van der Waals surface area contributed by atoms with E-state index in [0.717, 1.165) is 47.6 Å². The minimum absolute atomic E-state index is 0.110. The Hall–Kier alpha value is -2.36. The van der Waals surface area contributed by atoms with Crippen molar-refractivity contribution in [2.45, 2.75) is 6.42 Å². The lowest BCUT2D eigenvalue weighted by atomic mass is 10.2. The van der Waals surface area contributed by atoms with Crippen LogP contribution >= 0.6 is 23.4 Å². The average Bonchev–Trinajstić information content (AvgIpc) is 3.22. The molecule has 3 aliphatic heterocycles. The Labute approximate surface area is 183 Å². The standard InChI is InChI=1S/C20H21ClN6O2S/c21-14-2-4-15(5-3-14)27-19-16(12-23-27)18-22-6-1-7-26(18)20(24-19)30-13-17(28)25-8-10-29-11-9-25/h2-5,12H,1,6-11,13H2. The molecule has 10 heteroatoms. The van der Waals surface area contributed by atoms with E-state index in [4.69, 9.17) is 26.3 Å². The van der Waals surface area contributed by atoms with Crippen molar-refractivity contribution in [3.05, 3.63) is 41.0 Å². The van der Waals surface area contributed by atoms with E-state index < -0.39 is 0 Å². The Bertz CT molecular complexity index is 1010. The van der Waals surface area contributed by atoms with Crippen LogP contribution in [0.3, 0.4) is 0 Å². The largest absolute Gasteiger partial charge is 0.378 e. The minimum atomic E-state index is 0.110. The molecule has 0 unspecified atom stereocenters. The Kier molecular flexibility index (Phi) is 5.49. The molecule has 4 heterocycles. The number of amidine groups is 2. The lowest BCUT2D eigenvalue weighted by Crippen LogP contribution is -2.44. The van der Waals surface area contributed by atoms with E-state index in [1.54, 1.807) is 4.68 Å². The first-order chi connectivity index (χ1) is 14.7. The van der Waals surface area contributed by atoms with E-state index in [9.17, 15) is 4.79 Å². The van der Waals surface area contributed by atoms with Gasteiger partial charge in [-0.15, -0.1) is 0 Å². The van der Waals surface area contributed by atoms with Crippen molar-refractivity contribution in [3.8, 4) is 5.69 Å². The van der Waals surface area contributed by atoms with Crippen LogP contribution in [0.4, 0.5) is 5.82 Å². The molecule has 0 bridgehead atoms. The average molecular weight is 445 g/mol. The van der Waals surface area contributed by atoms with Gasteiger partial charge < -0.3 is 14.5 Å². The van der Waals surface area contributed by atoms with Gasteiger partial charge in [0.15, 0.2) is 11.0 Å². The Morgan fingerprint density at radius 1 is 1.17 bits per heavy atom. The SMILES string of the molecule is O=C(CSC1=Nc2c(cnn2-c2ccc(Cl)cc2)C2=NCCCN12)N1CCOCC1. The first-order valence-electron chi connectivity index (χ1n) is 9.94. The van der Waals surface area contributed by atoms with Crippen LogP contribution < -0.4 is 0 Å². The first kappa shape index (κ1) is 19.6.